The molecule has 0 unspecified atom stereocenters. The van der Waals surface area contributed by atoms with Crippen LogP contribution >= 0.6 is 50.7 Å². The maximum absolute atomic E-state index is 11.4. The predicted octanol–water partition coefficient (Wildman–Crippen LogP) is 2.10. The van der Waals surface area contributed by atoms with Crippen LogP contribution in [0.15, 0.2) is 22.3 Å². The molecule has 1 aliphatic heterocycles. The minimum absolute atomic E-state index is 0.187. The second kappa shape index (κ2) is 4.91. The first-order valence-electron chi connectivity index (χ1n) is 4.49. The summed E-state index contributed by atoms with van der Waals surface area (Å²) in [6.45, 7) is 0. The highest BCUT2D eigenvalue weighted by atomic mass is 127. The highest BCUT2D eigenvalue weighted by Gasteiger charge is 2.20. The third-order valence-electron chi connectivity index (χ3n) is 2.07. The number of thiocarbonyl (C=S) groups is 1. The molecule has 88 valence electrons. The van der Waals surface area contributed by atoms with Gasteiger partial charge in [0.15, 0.2) is 5.11 Å². The number of hydrogen-bond acceptors (Lipinski definition) is 3. The van der Waals surface area contributed by atoms with Gasteiger partial charge in [-0.25, -0.2) is 0 Å². The molecular formula is C10H6BrIN2O2S. The molecule has 4 nitrogen and oxygen atoms in total. The van der Waals surface area contributed by atoms with Crippen LogP contribution in [-0.2, 0) is 4.79 Å². The van der Waals surface area contributed by atoms with Crippen molar-refractivity contribution in [3.8, 4) is 5.75 Å². The molecule has 1 heterocycles. The monoisotopic (exact) mass is 424 g/mol. The van der Waals surface area contributed by atoms with Gasteiger partial charge in [0.2, 0.25) is 0 Å². The molecule has 1 fully saturated rings. The number of aromatic hydroxyl groups is 1. The quantitative estimate of drug-likeness (QED) is 0.367. The van der Waals surface area contributed by atoms with Gasteiger partial charge in [-0.05, 0) is 74.5 Å². The van der Waals surface area contributed by atoms with Gasteiger partial charge < -0.3 is 10.4 Å². The molecule has 1 saturated heterocycles. The summed E-state index contributed by atoms with van der Waals surface area (Å²) in [5, 5.41) is 15.1. The van der Waals surface area contributed by atoms with Gasteiger partial charge in [0.25, 0.3) is 5.91 Å². The SMILES string of the molecule is O=C1NC(=S)N/C1=C\c1cc(Br)c(O)c(I)c1. The van der Waals surface area contributed by atoms with E-state index in [4.69, 9.17) is 12.2 Å². The zero-order valence-electron chi connectivity index (χ0n) is 8.25. The van der Waals surface area contributed by atoms with E-state index in [9.17, 15) is 9.90 Å². The van der Waals surface area contributed by atoms with Gasteiger partial charge in [-0.3, -0.25) is 10.1 Å². The van der Waals surface area contributed by atoms with E-state index >= 15 is 0 Å². The van der Waals surface area contributed by atoms with Crippen molar-refractivity contribution in [2.24, 2.45) is 0 Å². The lowest BCUT2D eigenvalue weighted by Gasteiger charge is -2.03. The van der Waals surface area contributed by atoms with Crippen LogP contribution in [0.2, 0.25) is 0 Å². The molecule has 1 amide bonds. The summed E-state index contributed by atoms with van der Waals surface area (Å²) >= 11 is 10.1. The van der Waals surface area contributed by atoms with Crippen LogP contribution in [0.4, 0.5) is 0 Å². The number of benzene rings is 1. The summed E-state index contributed by atoms with van der Waals surface area (Å²) in [6, 6.07) is 3.49. The van der Waals surface area contributed by atoms with E-state index in [1.807, 2.05) is 22.6 Å². The lowest BCUT2D eigenvalue weighted by Crippen LogP contribution is -2.21. The van der Waals surface area contributed by atoms with Crippen LogP contribution in [0, 0.1) is 3.57 Å². The van der Waals surface area contributed by atoms with Gasteiger partial charge in [0.05, 0.1) is 8.04 Å². The second-order valence-corrected chi connectivity index (χ2v) is 5.72. The zero-order valence-corrected chi connectivity index (χ0v) is 12.8. The molecular weight excluding hydrogens is 419 g/mol. The largest absolute Gasteiger partial charge is 0.506 e. The van der Waals surface area contributed by atoms with Gasteiger partial charge in [0, 0.05) is 0 Å². The van der Waals surface area contributed by atoms with Crippen molar-refractivity contribution < 1.29 is 9.90 Å². The summed E-state index contributed by atoms with van der Waals surface area (Å²) in [7, 11) is 0. The summed E-state index contributed by atoms with van der Waals surface area (Å²) in [6.07, 6.45) is 1.67. The number of hydrogen-bond donors (Lipinski definition) is 3. The third-order valence-corrected chi connectivity index (χ3v) is 3.70. The smallest absolute Gasteiger partial charge is 0.273 e. The zero-order chi connectivity index (χ0) is 12.6. The Balaban J connectivity index is 2.40. The second-order valence-electron chi connectivity index (χ2n) is 3.30. The number of phenols is 1. The van der Waals surface area contributed by atoms with E-state index in [1.165, 1.54) is 0 Å². The van der Waals surface area contributed by atoms with E-state index in [1.54, 1.807) is 18.2 Å². The van der Waals surface area contributed by atoms with Crippen LogP contribution in [-0.4, -0.2) is 16.1 Å². The fraction of sp³-hybridized carbons (Fsp3) is 0. The third kappa shape index (κ3) is 2.78. The molecule has 1 aromatic rings. The van der Waals surface area contributed by atoms with Gasteiger partial charge in [-0.1, -0.05) is 0 Å². The summed E-state index contributed by atoms with van der Waals surface area (Å²) in [5.74, 6) is -0.0682. The van der Waals surface area contributed by atoms with Crippen molar-refractivity contribution in [2.45, 2.75) is 0 Å². The Morgan fingerprint density at radius 1 is 1.41 bits per heavy atom. The Bertz CT molecular complexity index is 536. The molecule has 0 aliphatic carbocycles. The lowest BCUT2D eigenvalue weighted by molar-refractivity contribution is -0.115. The van der Waals surface area contributed by atoms with Crippen molar-refractivity contribution in [1.29, 1.82) is 0 Å². The number of halogens is 2. The molecule has 2 rings (SSSR count). The Hall–Kier alpha value is -0.670. The number of amides is 1. The first kappa shape index (κ1) is 12.8. The van der Waals surface area contributed by atoms with Crippen molar-refractivity contribution in [3.05, 3.63) is 31.4 Å². The fourth-order valence-corrected chi connectivity index (χ4v) is 3.02. The normalized spacial score (nSPS) is 17.2. The van der Waals surface area contributed by atoms with E-state index < -0.39 is 0 Å². The minimum Gasteiger partial charge on any atom is -0.506 e. The highest BCUT2D eigenvalue weighted by Crippen LogP contribution is 2.31. The molecule has 1 aliphatic rings. The average Bonchev–Trinajstić information content (AvgIpc) is 2.54. The summed E-state index contributed by atoms with van der Waals surface area (Å²) < 4.78 is 1.28. The van der Waals surface area contributed by atoms with Crippen LogP contribution < -0.4 is 10.6 Å². The topological polar surface area (TPSA) is 61.4 Å². The van der Waals surface area contributed by atoms with Crippen LogP contribution in [0.25, 0.3) is 6.08 Å². The van der Waals surface area contributed by atoms with Crippen LogP contribution in [0.5, 0.6) is 5.75 Å². The van der Waals surface area contributed by atoms with Crippen molar-refractivity contribution in [1.82, 2.24) is 10.6 Å². The molecule has 0 spiro atoms. The van der Waals surface area contributed by atoms with Crippen molar-refractivity contribution >= 4 is 67.8 Å². The molecule has 3 N–H and O–H groups in total. The maximum atomic E-state index is 11.4. The number of carbonyl (C=O) groups is 1. The van der Waals surface area contributed by atoms with Crippen molar-refractivity contribution in [3.63, 3.8) is 0 Å². The molecule has 0 saturated carbocycles. The van der Waals surface area contributed by atoms with Crippen LogP contribution in [0.3, 0.4) is 0 Å². The summed E-state index contributed by atoms with van der Waals surface area (Å²) in [5.41, 5.74) is 1.19. The number of phenolic OH excluding ortho intramolecular Hbond substituents is 1. The molecule has 7 heteroatoms. The standard InChI is InChI=1S/C10H6BrIN2O2S/c11-5-1-4(2-6(12)8(5)15)3-7-9(16)14-10(17)13-7/h1-3,15H,(H2,13,14,16,17)/b7-3-. The Labute approximate surface area is 125 Å². The molecule has 0 bridgehead atoms. The fourth-order valence-electron chi connectivity index (χ4n) is 1.32. The lowest BCUT2D eigenvalue weighted by atomic mass is 10.2. The molecule has 0 radical (unpaired) electrons. The Kier molecular flexibility index (Phi) is 3.69. The number of rotatable bonds is 1. The molecule has 1 aromatic carbocycles. The van der Waals surface area contributed by atoms with Gasteiger partial charge in [-0.2, -0.15) is 0 Å². The van der Waals surface area contributed by atoms with Gasteiger partial charge in [0.1, 0.15) is 11.4 Å². The number of carbonyl (C=O) groups excluding carboxylic acids is 1. The summed E-state index contributed by atoms with van der Waals surface area (Å²) in [4.78, 5) is 11.4. The molecule has 17 heavy (non-hydrogen) atoms. The highest BCUT2D eigenvalue weighted by molar-refractivity contribution is 14.1. The molecule has 0 aromatic heterocycles. The van der Waals surface area contributed by atoms with Crippen LogP contribution in [0.1, 0.15) is 5.56 Å². The minimum atomic E-state index is -0.255. The first-order chi connectivity index (χ1) is 7.97. The average molecular weight is 425 g/mol. The van der Waals surface area contributed by atoms with E-state index in [0.717, 1.165) is 5.56 Å². The Morgan fingerprint density at radius 2 is 2.12 bits per heavy atom. The maximum Gasteiger partial charge on any atom is 0.273 e. The van der Waals surface area contributed by atoms with Crippen molar-refractivity contribution in [2.75, 3.05) is 0 Å². The van der Waals surface area contributed by atoms with E-state index in [0.29, 0.717) is 18.9 Å². The predicted molar refractivity (Wildman–Crippen MR) is 80.4 cm³/mol. The number of nitrogens with one attached hydrogen (secondary N) is 2. The van der Waals surface area contributed by atoms with E-state index in [-0.39, 0.29) is 11.7 Å². The van der Waals surface area contributed by atoms with Gasteiger partial charge in [-0.15, -0.1) is 0 Å². The van der Waals surface area contributed by atoms with Gasteiger partial charge >= 0.3 is 0 Å². The first-order valence-corrected chi connectivity index (χ1v) is 6.77. The van der Waals surface area contributed by atoms with E-state index in [2.05, 4.69) is 26.6 Å². The Morgan fingerprint density at radius 3 is 2.65 bits per heavy atom. The molecule has 0 atom stereocenters.